The summed E-state index contributed by atoms with van der Waals surface area (Å²) in [5, 5.41) is 2.81. The van der Waals surface area contributed by atoms with Gasteiger partial charge in [-0.1, -0.05) is 36.4 Å². The average Bonchev–Trinajstić information content (AvgIpc) is 3.11. The van der Waals surface area contributed by atoms with Gasteiger partial charge in [0.05, 0.1) is 0 Å². The van der Waals surface area contributed by atoms with E-state index in [1.807, 2.05) is 54.6 Å². The zero-order valence-electron chi connectivity index (χ0n) is 14.3. The van der Waals surface area contributed by atoms with Crippen molar-refractivity contribution in [1.82, 2.24) is 15.0 Å². The summed E-state index contributed by atoms with van der Waals surface area (Å²) in [6.45, 7) is -0.0531. The van der Waals surface area contributed by atoms with Crippen LogP contribution in [-0.4, -0.2) is 26.2 Å². The minimum atomic E-state index is -0.284. The molecule has 1 aromatic heterocycles. The number of rotatable bonds is 5. The Hall–Kier alpha value is -3.13. The number of anilines is 3. The largest absolute Gasteiger partial charge is 0.457 e. The van der Waals surface area contributed by atoms with Crippen LogP contribution in [0.15, 0.2) is 59.5 Å². The number of nitrogens with zero attached hydrogens (tertiary/aromatic N) is 3. The summed E-state index contributed by atoms with van der Waals surface area (Å²) in [7, 11) is 0. The van der Waals surface area contributed by atoms with Crippen LogP contribution in [0.3, 0.4) is 0 Å². The van der Waals surface area contributed by atoms with Crippen LogP contribution < -0.4 is 11.1 Å². The molecule has 4 rings (SSSR count). The number of thioether (sulfide) groups is 1. The van der Waals surface area contributed by atoms with E-state index in [4.69, 9.17) is 10.5 Å². The molecule has 2 heterocycles. The molecule has 27 heavy (non-hydrogen) atoms. The fourth-order valence-corrected chi connectivity index (χ4v) is 3.94. The van der Waals surface area contributed by atoms with E-state index >= 15 is 0 Å². The van der Waals surface area contributed by atoms with Crippen LogP contribution in [0.25, 0.3) is 0 Å². The van der Waals surface area contributed by atoms with Crippen molar-refractivity contribution in [3.05, 3.63) is 66.0 Å². The summed E-state index contributed by atoms with van der Waals surface area (Å²) in [5.41, 5.74) is 7.75. The maximum absolute atomic E-state index is 12.4. The lowest BCUT2D eigenvalue weighted by atomic mass is 10.1. The van der Waals surface area contributed by atoms with E-state index in [-0.39, 0.29) is 23.8 Å². The molecular weight excluding hydrogens is 362 g/mol. The molecule has 3 N–H and O–H groups in total. The van der Waals surface area contributed by atoms with Gasteiger partial charge in [-0.25, -0.2) is 0 Å². The molecule has 0 fully saturated rings. The van der Waals surface area contributed by atoms with Crippen molar-refractivity contribution in [3.8, 4) is 0 Å². The maximum atomic E-state index is 12.4. The highest BCUT2D eigenvalue weighted by Crippen LogP contribution is 2.37. The highest BCUT2D eigenvalue weighted by molar-refractivity contribution is 8.01. The smallest absolute Gasteiger partial charge is 0.320 e. The number of carbonyl (C=O) groups is 1. The number of fused-ring (bicyclic) bond motifs is 1. The summed E-state index contributed by atoms with van der Waals surface area (Å²) in [5.74, 6) is 0.391. The number of ether oxygens (including phenoxy) is 1. The first-order valence-corrected chi connectivity index (χ1v) is 9.29. The number of esters is 1. The van der Waals surface area contributed by atoms with E-state index in [0.717, 1.165) is 10.6 Å². The molecule has 1 aliphatic heterocycles. The van der Waals surface area contributed by atoms with Crippen molar-refractivity contribution in [2.24, 2.45) is 0 Å². The topological polar surface area (TPSA) is 103 Å². The van der Waals surface area contributed by atoms with Gasteiger partial charge in [0, 0.05) is 10.6 Å². The van der Waals surface area contributed by atoms with Gasteiger partial charge in [0.2, 0.25) is 11.9 Å². The number of carbonyl (C=O) groups excluding carboxylic acids is 1. The maximum Gasteiger partial charge on any atom is 0.320 e. The van der Waals surface area contributed by atoms with Crippen molar-refractivity contribution in [3.63, 3.8) is 0 Å². The van der Waals surface area contributed by atoms with E-state index in [1.54, 1.807) is 0 Å². The van der Waals surface area contributed by atoms with Crippen molar-refractivity contribution in [1.29, 1.82) is 0 Å². The van der Waals surface area contributed by atoms with Crippen molar-refractivity contribution < 1.29 is 9.53 Å². The van der Waals surface area contributed by atoms with Gasteiger partial charge in [-0.2, -0.15) is 15.0 Å². The monoisotopic (exact) mass is 379 g/mol. The molecule has 3 aromatic rings. The minimum absolute atomic E-state index is 0.0531. The van der Waals surface area contributed by atoms with Crippen molar-refractivity contribution >= 4 is 35.3 Å². The number of hydrogen-bond donors (Lipinski definition) is 2. The molecule has 2 aromatic carbocycles. The molecular formula is C19H17N5O2S. The Labute approximate surface area is 160 Å². The van der Waals surface area contributed by atoms with Gasteiger partial charge in [-0.15, -0.1) is 11.8 Å². The Morgan fingerprint density at radius 2 is 1.89 bits per heavy atom. The van der Waals surface area contributed by atoms with E-state index in [2.05, 4.69) is 20.3 Å². The molecule has 0 saturated carbocycles. The van der Waals surface area contributed by atoms with Gasteiger partial charge in [-0.05, 0) is 30.2 Å². The molecule has 1 unspecified atom stereocenters. The first-order chi connectivity index (χ1) is 13.2. The minimum Gasteiger partial charge on any atom is -0.457 e. The highest BCUT2D eigenvalue weighted by Gasteiger charge is 2.29. The standard InChI is InChI=1S/C19H17N5O2S/c20-18-22-16(23-19(24-18)21-13-7-2-1-3-8-13)11-26-17(25)15-10-12-6-4-5-9-14(12)27-15/h1-9,15H,10-11H2,(H3,20,21,22,23,24). The highest BCUT2D eigenvalue weighted by atomic mass is 32.2. The molecule has 136 valence electrons. The summed E-state index contributed by atoms with van der Waals surface area (Å²) in [6.07, 6.45) is 0.666. The van der Waals surface area contributed by atoms with Crippen molar-refractivity contribution in [2.45, 2.75) is 23.2 Å². The fourth-order valence-electron chi connectivity index (χ4n) is 2.75. The van der Waals surface area contributed by atoms with Gasteiger partial charge < -0.3 is 15.8 Å². The zero-order valence-corrected chi connectivity index (χ0v) is 15.1. The Morgan fingerprint density at radius 3 is 2.70 bits per heavy atom. The Morgan fingerprint density at radius 1 is 1.11 bits per heavy atom. The number of hydrogen-bond acceptors (Lipinski definition) is 8. The summed E-state index contributed by atoms with van der Waals surface area (Å²) >= 11 is 1.52. The predicted molar refractivity (Wildman–Crippen MR) is 104 cm³/mol. The van der Waals surface area contributed by atoms with Gasteiger partial charge in [0.1, 0.15) is 5.25 Å². The number of nitrogens with two attached hydrogens (primary N) is 1. The van der Waals surface area contributed by atoms with Gasteiger partial charge in [0.15, 0.2) is 12.4 Å². The van der Waals surface area contributed by atoms with Crippen LogP contribution in [0.1, 0.15) is 11.4 Å². The second-order valence-corrected chi connectivity index (χ2v) is 7.20. The normalized spacial score (nSPS) is 15.2. The zero-order chi connectivity index (χ0) is 18.6. The molecule has 7 nitrogen and oxygen atoms in total. The van der Waals surface area contributed by atoms with Crippen LogP contribution in [0.5, 0.6) is 0 Å². The quantitative estimate of drug-likeness (QED) is 0.652. The Balaban J connectivity index is 1.39. The molecule has 0 amide bonds. The summed E-state index contributed by atoms with van der Waals surface area (Å²) in [6, 6.07) is 17.5. The number of nitrogen functional groups attached to an aromatic ring is 1. The lowest BCUT2D eigenvalue weighted by Gasteiger charge is -2.10. The second-order valence-electron chi connectivity index (χ2n) is 5.95. The first kappa shape index (κ1) is 17.3. The van der Waals surface area contributed by atoms with Crippen LogP contribution in [0, 0.1) is 0 Å². The molecule has 0 saturated heterocycles. The molecule has 0 spiro atoms. The number of benzene rings is 2. The summed E-state index contributed by atoms with van der Waals surface area (Å²) < 4.78 is 5.41. The molecule has 8 heteroatoms. The van der Waals surface area contributed by atoms with Gasteiger partial charge in [-0.3, -0.25) is 4.79 Å². The SMILES string of the molecule is Nc1nc(COC(=O)C2Cc3ccccc3S2)nc(Nc2ccccc2)n1. The number of para-hydroxylation sites is 1. The number of aromatic nitrogens is 3. The van der Waals surface area contributed by atoms with Crippen LogP contribution in [0.4, 0.5) is 17.6 Å². The van der Waals surface area contributed by atoms with E-state index < -0.39 is 0 Å². The first-order valence-electron chi connectivity index (χ1n) is 8.41. The molecule has 0 bridgehead atoms. The third-order valence-corrected chi connectivity index (χ3v) is 5.28. The molecule has 0 aliphatic carbocycles. The predicted octanol–water partition coefficient (Wildman–Crippen LogP) is 2.96. The third kappa shape index (κ3) is 4.17. The molecule has 1 aliphatic rings. The Bertz CT molecular complexity index is 942. The summed E-state index contributed by atoms with van der Waals surface area (Å²) in [4.78, 5) is 25.9. The lowest BCUT2D eigenvalue weighted by molar-refractivity contribution is -0.144. The van der Waals surface area contributed by atoms with Gasteiger partial charge in [0.25, 0.3) is 0 Å². The van der Waals surface area contributed by atoms with E-state index in [1.165, 1.54) is 17.3 Å². The van der Waals surface area contributed by atoms with Crippen molar-refractivity contribution in [2.75, 3.05) is 11.1 Å². The molecule has 1 atom stereocenters. The fraction of sp³-hybridized carbons (Fsp3) is 0.158. The van der Waals surface area contributed by atoms with Crippen LogP contribution in [0.2, 0.25) is 0 Å². The third-order valence-electron chi connectivity index (χ3n) is 3.98. The van der Waals surface area contributed by atoms with Crippen LogP contribution in [-0.2, 0) is 22.6 Å². The second kappa shape index (κ2) is 7.63. The van der Waals surface area contributed by atoms with Crippen LogP contribution >= 0.6 is 11.8 Å². The number of nitrogens with one attached hydrogen (secondary N) is 1. The Kier molecular flexibility index (Phi) is 4.88. The van der Waals surface area contributed by atoms with E-state index in [9.17, 15) is 4.79 Å². The lowest BCUT2D eigenvalue weighted by Crippen LogP contribution is -2.20. The van der Waals surface area contributed by atoms with E-state index in [0.29, 0.717) is 18.2 Å². The molecule has 0 radical (unpaired) electrons. The average molecular weight is 379 g/mol. The van der Waals surface area contributed by atoms with Gasteiger partial charge >= 0.3 is 5.97 Å².